The molecular weight excluding hydrogens is 242 g/mol. The maximum Gasteiger partial charge on any atom is 0.124 e. The van der Waals surface area contributed by atoms with Crippen molar-refractivity contribution in [1.82, 2.24) is 15.3 Å². The predicted molar refractivity (Wildman–Crippen MR) is 71.9 cm³/mol. The molecule has 0 fully saturated rings. The third-order valence-corrected chi connectivity index (χ3v) is 2.94. The number of benzene rings is 1. The maximum atomic E-state index is 9.94. The van der Waals surface area contributed by atoms with Crippen molar-refractivity contribution >= 4 is 0 Å². The molecule has 1 heterocycles. The van der Waals surface area contributed by atoms with E-state index in [0.29, 0.717) is 12.3 Å². The van der Waals surface area contributed by atoms with Gasteiger partial charge in [0.25, 0.3) is 0 Å². The van der Waals surface area contributed by atoms with Crippen LogP contribution in [-0.4, -0.2) is 22.2 Å². The number of aromatic nitrogens is 2. The monoisotopic (exact) mass is 259 g/mol. The Morgan fingerprint density at radius 2 is 2.21 bits per heavy atom. The number of phenols is 1. The fourth-order valence-electron chi connectivity index (χ4n) is 1.81. The smallest absolute Gasteiger partial charge is 0.124 e. The van der Waals surface area contributed by atoms with Gasteiger partial charge in [0.05, 0.1) is 12.8 Å². The van der Waals surface area contributed by atoms with E-state index in [2.05, 4.69) is 15.3 Å². The van der Waals surface area contributed by atoms with Gasteiger partial charge < -0.3 is 15.2 Å². The van der Waals surface area contributed by atoms with Gasteiger partial charge in [-0.2, -0.15) is 0 Å². The third kappa shape index (κ3) is 3.42. The molecule has 0 spiro atoms. The number of ether oxygens (including phenoxy) is 1. The first-order chi connectivity index (χ1) is 9.20. The largest absolute Gasteiger partial charge is 0.507 e. The Balaban J connectivity index is 2.02. The lowest BCUT2D eigenvalue weighted by atomic mass is 10.1. The number of hydrogen-bond acceptors (Lipinski definition) is 5. The molecule has 1 aromatic carbocycles. The number of nitrogens with zero attached hydrogens (tertiary/aromatic N) is 2. The Morgan fingerprint density at radius 1 is 1.37 bits per heavy atom. The van der Waals surface area contributed by atoms with Crippen molar-refractivity contribution in [2.24, 2.45) is 0 Å². The minimum atomic E-state index is 0.0147. The second-order valence-electron chi connectivity index (χ2n) is 4.23. The van der Waals surface area contributed by atoms with E-state index in [0.717, 1.165) is 11.3 Å². The summed E-state index contributed by atoms with van der Waals surface area (Å²) in [5.41, 5.74) is 1.74. The molecule has 2 aromatic rings. The molecule has 19 heavy (non-hydrogen) atoms. The maximum absolute atomic E-state index is 9.94. The molecule has 0 radical (unpaired) electrons. The number of nitrogens with one attached hydrogen (secondary N) is 1. The van der Waals surface area contributed by atoms with Crippen molar-refractivity contribution in [3.8, 4) is 11.5 Å². The van der Waals surface area contributed by atoms with Gasteiger partial charge >= 0.3 is 0 Å². The summed E-state index contributed by atoms with van der Waals surface area (Å²) in [5, 5.41) is 13.2. The van der Waals surface area contributed by atoms with Crippen LogP contribution >= 0.6 is 0 Å². The van der Waals surface area contributed by atoms with Crippen molar-refractivity contribution in [1.29, 1.82) is 0 Å². The van der Waals surface area contributed by atoms with Crippen molar-refractivity contribution in [3.05, 3.63) is 48.0 Å². The van der Waals surface area contributed by atoms with E-state index < -0.39 is 0 Å². The Kier molecular flexibility index (Phi) is 4.30. The second-order valence-corrected chi connectivity index (χ2v) is 4.23. The molecule has 0 aliphatic rings. The van der Waals surface area contributed by atoms with Gasteiger partial charge in [0, 0.05) is 30.4 Å². The Bertz CT molecular complexity index is 531. The summed E-state index contributed by atoms with van der Waals surface area (Å²) in [6.45, 7) is 2.61. The highest BCUT2D eigenvalue weighted by Crippen LogP contribution is 2.28. The summed E-state index contributed by atoms with van der Waals surface area (Å²) in [5.74, 6) is 0.867. The molecule has 1 aromatic heterocycles. The summed E-state index contributed by atoms with van der Waals surface area (Å²) < 4.78 is 5.06. The number of methoxy groups -OCH3 is 1. The van der Waals surface area contributed by atoms with E-state index in [9.17, 15) is 5.11 Å². The third-order valence-electron chi connectivity index (χ3n) is 2.94. The lowest BCUT2D eigenvalue weighted by Gasteiger charge is -2.16. The normalized spacial score (nSPS) is 12.1. The van der Waals surface area contributed by atoms with Gasteiger partial charge in [-0.05, 0) is 19.1 Å². The second kappa shape index (κ2) is 6.15. The first-order valence-electron chi connectivity index (χ1n) is 6.06. The van der Waals surface area contributed by atoms with Gasteiger partial charge in [-0.1, -0.05) is 6.07 Å². The van der Waals surface area contributed by atoms with E-state index >= 15 is 0 Å². The summed E-state index contributed by atoms with van der Waals surface area (Å²) in [4.78, 5) is 8.01. The van der Waals surface area contributed by atoms with Crippen LogP contribution in [0.1, 0.15) is 24.2 Å². The van der Waals surface area contributed by atoms with Crippen molar-refractivity contribution in [3.63, 3.8) is 0 Å². The average molecular weight is 259 g/mol. The van der Waals surface area contributed by atoms with E-state index in [4.69, 9.17) is 4.74 Å². The molecule has 1 unspecified atom stereocenters. The number of aromatic hydroxyl groups is 1. The van der Waals surface area contributed by atoms with Crippen molar-refractivity contribution in [2.75, 3.05) is 7.11 Å². The molecule has 0 saturated carbocycles. The zero-order valence-corrected chi connectivity index (χ0v) is 11.0. The first-order valence-corrected chi connectivity index (χ1v) is 6.06. The lowest BCUT2D eigenvalue weighted by Crippen LogP contribution is -2.18. The average Bonchev–Trinajstić information content (AvgIpc) is 2.45. The van der Waals surface area contributed by atoms with Crippen LogP contribution in [0, 0.1) is 0 Å². The van der Waals surface area contributed by atoms with Crippen LogP contribution in [0.5, 0.6) is 11.5 Å². The summed E-state index contributed by atoms with van der Waals surface area (Å²) in [6, 6.07) is 7.16. The van der Waals surface area contributed by atoms with E-state index in [1.165, 1.54) is 6.33 Å². The van der Waals surface area contributed by atoms with Crippen LogP contribution in [-0.2, 0) is 6.54 Å². The molecule has 2 rings (SSSR count). The van der Waals surface area contributed by atoms with E-state index in [1.807, 2.05) is 25.1 Å². The molecule has 100 valence electrons. The molecule has 5 heteroatoms. The fraction of sp³-hybridized carbons (Fsp3) is 0.286. The number of rotatable bonds is 5. The van der Waals surface area contributed by atoms with Crippen LogP contribution in [0.4, 0.5) is 0 Å². The van der Waals surface area contributed by atoms with Crippen LogP contribution < -0.4 is 10.1 Å². The molecule has 5 nitrogen and oxygen atoms in total. The van der Waals surface area contributed by atoms with Crippen LogP contribution in [0.2, 0.25) is 0 Å². The van der Waals surface area contributed by atoms with Gasteiger partial charge in [0.1, 0.15) is 17.8 Å². The molecule has 0 saturated heterocycles. The van der Waals surface area contributed by atoms with Crippen molar-refractivity contribution in [2.45, 2.75) is 19.5 Å². The first kappa shape index (κ1) is 13.3. The lowest BCUT2D eigenvalue weighted by molar-refractivity contribution is 0.404. The minimum absolute atomic E-state index is 0.0147. The van der Waals surface area contributed by atoms with Crippen LogP contribution in [0.3, 0.4) is 0 Å². The summed E-state index contributed by atoms with van der Waals surface area (Å²) >= 11 is 0. The Labute approximate surface area is 112 Å². The van der Waals surface area contributed by atoms with Crippen LogP contribution in [0.25, 0.3) is 0 Å². The number of hydrogen-bond donors (Lipinski definition) is 2. The molecule has 2 N–H and O–H groups in total. The zero-order valence-electron chi connectivity index (χ0n) is 11.0. The highest BCUT2D eigenvalue weighted by molar-refractivity contribution is 5.41. The molecule has 0 amide bonds. The van der Waals surface area contributed by atoms with Crippen LogP contribution in [0.15, 0.2) is 36.8 Å². The van der Waals surface area contributed by atoms with E-state index in [1.54, 1.807) is 19.4 Å². The standard InChI is InChI=1S/C14H17N3O2/c1-10(16-8-11-5-6-15-9-17-11)13-4-3-12(19-2)7-14(13)18/h3-7,9-10,16,18H,8H2,1-2H3. The van der Waals surface area contributed by atoms with Gasteiger partial charge in [0.2, 0.25) is 0 Å². The fourth-order valence-corrected chi connectivity index (χ4v) is 1.81. The summed E-state index contributed by atoms with van der Waals surface area (Å²) in [7, 11) is 1.57. The van der Waals surface area contributed by atoms with E-state index in [-0.39, 0.29) is 11.8 Å². The van der Waals surface area contributed by atoms with Gasteiger partial charge in [-0.25, -0.2) is 9.97 Å². The minimum Gasteiger partial charge on any atom is -0.507 e. The highest BCUT2D eigenvalue weighted by atomic mass is 16.5. The Morgan fingerprint density at radius 3 is 2.84 bits per heavy atom. The molecular formula is C14H17N3O2. The predicted octanol–water partition coefficient (Wildman–Crippen LogP) is 2.04. The van der Waals surface area contributed by atoms with Gasteiger partial charge in [0.15, 0.2) is 0 Å². The summed E-state index contributed by atoms with van der Waals surface area (Å²) in [6.07, 6.45) is 3.23. The SMILES string of the molecule is COc1ccc(C(C)NCc2ccncn2)c(O)c1. The molecule has 0 aliphatic heterocycles. The topological polar surface area (TPSA) is 67.3 Å². The molecule has 1 atom stereocenters. The number of phenolic OH excluding ortho intramolecular Hbond substituents is 1. The van der Waals surface area contributed by atoms with Crippen molar-refractivity contribution < 1.29 is 9.84 Å². The van der Waals surface area contributed by atoms with Gasteiger partial charge in [-0.15, -0.1) is 0 Å². The molecule has 0 bridgehead atoms. The quantitative estimate of drug-likeness (QED) is 0.860. The zero-order chi connectivity index (χ0) is 13.7. The highest BCUT2D eigenvalue weighted by Gasteiger charge is 2.10. The van der Waals surface area contributed by atoms with Gasteiger partial charge in [-0.3, -0.25) is 0 Å². The molecule has 0 aliphatic carbocycles. The Hall–Kier alpha value is -2.14.